The van der Waals surface area contributed by atoms with Crippen molar-refractivity contribution in [1.29, 1.82) is 0 Å². The van der Waals surface area contributed by atoms with Gasteiger partial charge in [0.1, 0.15) is 6.26 Å². The Hall–Kier alpha value is -0.920. The Kier molecular flexibility index (Phi) is 3.40. The van der Waals surface area contributed by atoms with Crippen LogP contribution >= 0.6 is 0 Å². The lowest BCUT2D eigenvalue weighted by molar-refractivity contribution is 0.409. The molecule has 0 saturated carbocycles. The minimum absolute atomic E-state index is 0.0785. The van der Waals surface area contributed by atoms with E-state index in [1.54, 1.807) is 6.07 Å². The van der Waals surface area contributed by atoms with Crippen LogP contribution in [0.3, 0.4) is 0 Å². The molecule has 0 aromatic carbocycles. The number of primary sulfonamides is 1. The van der Waals surface area contributed by atoms with Gasteiger partial charge in [-0.1, -0.05) is 5.16 Å². The van der Waals surface area contributed by atoms with E-state index in [2.05, 4.69) is 15.0 Å². The van der Waals surface area contributed by atoms with Gasteiger partial charge in [0.15, 0.2) is 0 Å². The number of nitrogens with two attached hydrogens (primary N) is 1. The van der Waals surface area contributed by atoms with Crippen molar-refractivity contribution in [3.8, 4) is 0 Å². The summed E-state index contributed by atoms with van der Waals surface area (Å²) in [5, 5.41) is 11.3. The topological polar surface area (TPSA) is 98.2 Å². The largest absolute Gasteiger partial charge is 0.364 e. The molecule has 0 aliphatic carbocycles. The predicted molar refractivity (Wildman–Crippen MR) is 46.2 cm³/mol. The third-order valence-electron chi connectivity index (χ3n) is 1.36. The van der Waals surface area contributed by atoms with Crippen LogP contribution in [0.4, 0.5) is 0 Å². The third kappa shape index (κ3) is 4.61. The molecule has 1 aromatic rings. The first-order valence-electron chi connectivity index (χ1n) is 3.68. The van der Waals surface area contributed by atoms with E-state index in [0.717, 1.165) is 5.69 Å². The Morgan fingerprint density at radius 3 is 2.92 bits per heavy atom. The molecule has 0 atom stereocenters. The molecule has 1 heterocycles. The summed E-state index contributed by atoms with van der Waals surface area (Å²) < 4.78 is 25.6. The maximum Gasteiger partial charge on any atom is 0.210 e. The minimum Gasteiger partial charge on any atom is -0.364 e. The van der Waals surface area contributed by atoms with Gasteiger partial charge < -0.3 is 9.84 Å². The highest BCUT2D eigenvalue weighted by Gasteiger charge is 2.01. The second-order valence-electron chi connectivity index (χ2n) is 2.53. The first-order valence-corrected chi connectivity index (χ1v) is 5.40. The van der Waals surface area contributed by atoms with Gasteiger partial charge in [0.2, 0.25) is 10.0 Å². The fraction of sp³-hybridized carbons (Fsp3) is 0.500. The van der Waals surface area contributed by atoms with Crippen LogP contribution in [-0.4, -0.2) is 25.9 Å². The van der Waals surface area contributed by atoms with Crippen LogP contribution in [0.25, 0.3) is 0 Å². The zero-order chi connectivity index (χ0) is 9.73. The van der Waals surface area contributed by atoms with Crippen LogP contribution < -0.4 is 10.5 Å². The van der Waals surface area contributed by atoms with E-state index < -0.39 is 10.0 Å². The maximum absolute atomic E-state index is 10.5. The fourth-order valence-electron chi connectivity index (χ4n) is 0.760. The van der Waals surface area contributed by atoms with Gasteiger partial charge in [0, 0.05) is 19.2 Å². The molecule has 0 fully saturated rings. The van der Waals surface area contributed by atoms with Gasteiger partial charge in [-0.2, -0.15) is 0 Å². The van der Waals surface area contributed by atoms with Crippen LogP contribution in [0.2, 0.25) is 0 Å². The molecule has 13 heavy (non-hydrogen) atoms. The summed E-state index contributed by atoms with van der Waals surface area (Å²) in [6, 6.07) is 1.70. The summed E-state index contributed by atoms with van der Waals surface area (Å²) in [4.78, 5) is 0. The van der Waals surface area contributed by atoms with Gasteiger partial charge in [-0.05, 0) is 0 Å². The van der Waals surface area contributed by atoms with Crippen LogP contribution in [0, 0.1) is 0 Å². The van der Waals surface area contributed by atoms with Crippen molar-refractivity contribution < 1.29 is 12.9 Å². The van der Waals surface area contributed by atoms with Gasteiger partial charge in [-0.3, -0.25) is 0 Å². The first-order chi connectivity index (χ1) is 6.08. The van der Waals surface area contributed by atoms with Crippen molar-refractivity contribution >= 4 is 10.0 Å². The highest BCUT2D eigenvalue weighted by molar-refractivity contribution is 7.89. The fourth-order valence-corrected chi connectivity index (χ4v) is 1.19. The lowest BCUT2D eigenvalue weighted by Crippen LogP contribution is -2.26. The average molecular weight is 205 g/mol. The summed E-state index contributed by atoms with van der Waals surface area (Å²) >= 11 is 0. The maximum atomic E-state index is 10.5. The van der Waals surface area contributed by atoms with E-state index in [1.807, 2.05) is 0 Å². The molecule has 0 aliphatic heterocycles. The number of hydrogen-bond acceptors (Lipinski definition) is 5. The number of nitrogens with zero attached hydrogens (tertiary/aromatic N) is 1. The zero-order valence-electron chi connectivity index (χ0n) is 6.93. The van der Waals surface area contributed by atoms with Crippen molar-refractivity contribution in [2.24, 2.45) is 5.14 Å². The standard InChI is InChI=1S/C6H11N3O3S/c7-13(10,11)4-2-8-5-6-1-3-12-9-6/h1,3,8H,2,4-5H2,(H2,7,10,11). The van der Waals surface area contributed by atoms with Crippen LogP contribution in [0.5, 0.6) is 0 Å². The number of hydrogen-bond donors (Lipinski definition) is 2. The molecule has 0 unspecified atom stereocenters. The molecule has 7 heteroatoms. The molecular weight excluding hydrogens is 194 g/mol. The highest BCUT2D eigenvalue weighted by Crippen LogP contribution is 1.92. The predicted octanol–water partition coefficient (Wildman–Crippen LogP) is -0.947. The quantitative estimate of drug-likeness (QED) is 0.604. The molecule has 74 valence electrons. The summed E-state index contributed by atoms with van der Waals surface area (Å²) in [7, 11) is -3.37. The second kappa shape index (κ2) is 4.35. The molecule has 1 rings (SSSR count). The van der Waals surface area contributed by atoms with E-state index >= 15 is 0 Å². The van der Waals surface area contributed by atoms with Crippen molar-refractivity contribution in [2.45, 2.75) is 6.54 Å². The van der Waals surface area contributed by atoms with E-state index in [9.17, 15) is 8.42 Å². The van der Waals surface area contributed by atoms with Gasteiger partial charge in [-0.15, -0.1) is 0 Å². The number of rotatable bonds is 5. The summed E-state index contributed by atoms with van der Waals surface area (Å²) in [5.74, 6) is -0.0785. The number of sulfonamides is 1. The summed E-state index contributed by atoms with van der Waals surface area (Å²) in [6.45, 7) is 0.789. The smallest absolute Gasteiger partial charge is 0.210 e. The van der Waals surface area contributed by atoms with Gasteiger partial charge in [0.05, 0.1) is 11.4 Å². The highest BCUT2D eigenvalue weighted by atomic mass is 32.2. The van der Waals surface area contributed by atoms with Crippen molar-refractivity contribution in [3.63, 3.8) is 0 Å². The Labute approximate surface area is 76.1 Å². The monoisotopic (exact) mass is 205 g/mol. The molecule has 1 aromatic heterocycles. The minimum atomic E-state index is -3.37. The van der Waals surface area contributed by atoms with E-state index in [4.69, 9.17) is 5.14 Å². The van der Waals surface area contributed by atoms with Crippen LogP contribution in [-0.2, 0) is 16.6 Å². The average Bonchev–Trinajstić information content (AvgIpc) is 2.48. The third-order valence-corrected chi connectivity index (χ3v) is 2.13. The second-order valence-corrected chi connectivity index (χ2v) is 4.27. The molecule has 0 radical (unpaired) electrons. The molecule has 0 bridgehead atoms. The summed E-state index contributed by atoms with van der Waals surface area (Å²) in [5.41, 5.74) is 0.731. The van der Waals surface area contributed by atoms with Gasteiger partial charge >= 0.3 is 0 Å². The Bertz CT molecular complexity index is 332. The van der Waals surface area contributed by atoms with Gasteiger partial charge in [-0.25, -0.2) is 13.6 Å². The Morgan fingerprint density at radius 2 is 2.38 bits per heavy atom. The Balaban J connectivity index is 2.16. The van der Waals surface area contributed by atoms with Crippen molar-refractivity contribution in [1.82, 2.24) is 10.5 Å². The van der Waals surface area contributed by atoms with Crippen molar-refractivity contribution in [3.05, 3.63) is 18.0 Å². The molecule has 0 saturated heterocycles. The molecule has 0 amide bonds. The van der Waals surface area contributed by atoms with Crippen LogP contribution in [0.15, 0.2) is 16.9 Å². The SMILES string of the molecule is NS(=O)(=O)CCNCc1ccon1. The Morgan fingerprint density at radius 1 is 1.62 bits per heavy atom. The normalized spacial score (nSPS) is 11.8. The summed E-state index contributed by atoms with van der Waals surface area (Å²) in [6.07, 6.45) is 1.46. The zero-order valence-corrected chi connectivity index (χ0v) is 7.75. The lowest BCUT2D eigenvalue weighted by Gasteiger charge is -1.99. The molecule has 6 nitrogen and oxygen atoms in total. The molecular formula is C6H11N3O3S. The number of nitrogens with one attached hydrogen (secondary N) is 1. The van der Waals surface area contributed by atoms with Crippen molar-refractivity contribution in [2.75, 3.05) is 12.3 Å². The first kappa shape index (κ1) is 10.2. The molecule has 0 aliphatic rings. The molecule has 3 N–H and O–H groups in total. The van der Waals surface area contributed by atoms with Gasteiger partial charge in [0.25, 0.3) is 0 Å². The lowest BCUT2D eigenvalue weighted by atomic mass is 10.4. The van der Waals surface area contributed by atoms with E-state index in [0.29, 0.717) is 13.1 Å². The van der Waals surface area contributed by atoms with Crippen LogP contribution in [0.1, 0.15) is 5.69 Å². The molecule has 0 spiro atoms. The number of aromatic nitrogens is 1. The van der Waals surface area contributed by atoms with E-state index in [-0.39, 0.29) is 5.75 Å². The van der Waals surface area contributed by atoms with E-state index in [1.165, 1.54) is 6.26 Å².